The van der Waals surface area contributed by atoms with Gasteiger partial charge in [0, 0.05) is 30.4 Å². The van der Waals surface area contributed by atoms with Gasteiger partial charge in [-0.2, -0.15) is 0 Å². The summed E-state index contributed by atoms with van der Waals surface area (Å²) >= 11 is 0. The number of para-hydroxylation sites is 2. The van der Waals surface area contributed by atoms with Crippen molar-refractivity contribution in [2.75, 3.05) is 13.1 Å². The third-order valence-electron chi connectivity index (χ3n) is 4.76. The highest BCUT2D eigenvalue weighted by Crippen LogP contribution is 2.16. The molecule has 0 aliphatic carbocycles. The van der Waals surface area contributed by atoms with Gasteiger partial charge < -0.3 is 5.73 Å². The summed E-state index contributed by atoms with van der Waals surface area (Å²) in [6.07, 6.45) is 0.959. The van der Waals surface area contributed by atoms with Crippen LogP contribution in [0.2, 0.25) is 0 Å². The molecule has 27 heavy (non-hydrogen) atoms. The van der Waals surface area contributed by atoms with Gasteiger partial charge in [-0.05, 0) is 37.2 Å². The Kier molecular flexibility index (Phi) is 5.37. The van der Waals surface area contributed by atoms with Crippen LogP contribution in [0, 0.1) is 0 Å². The molecule has 2 aromatic heterocycles. The van der Waals surface area contributed by atoms with E-state index >= 15 is 0 Å². The molecule has 0 amide bonds. The first-order chi connectivity index (χ1) is 13.3. The fourth-order valence-corrected chi connectivity index (χ4v) is 3.38. The van der Waals surface area contributed by atoms with Gasteiger partial charge >= 0.3 is 0 Å². The number of fused-ring (bicyclic) bond motifs is 2. The molecule has 4 rings (SSSR count). The van der Waals surface area contributed by atoms with Crippen LogP contribution in [0.3, 0.4) is 0 Å². The van der Waals surface area contributed by atoms with Crippen molar-refractivity contribution < 1.29 is 0 Å². The molecular formula is C23H24N4. The van der Waals surface area contributed by atoms with Crippen molar-refractivity contribution in [1.29, 1.82) is 0 Å². The van der Waals surface area contributed by atoms with Crippen LogP contribution in [0.1, 0.15) is 17.8 Å². The van der Waals surface area contributed by atoms with Gasteiger partial charge in [-0.15, -0.1) is 0 Å². The zero-order valence-electron chi connectivity index (χ0n) is 15.4. The van der Waals surface area contributed by atoms with E-state index in [0.29, 0.717) is 6.54 Å². The number of hydrogen-bond donors (Lipinski definition) is 1. The van der Waals surface area contributed by atoms with E-state index in [2.05, 4.69) is 53.4 Å². The van der Waals surface area contributed by atoms with Crippen LogP contribution >= 0.6 is 0 Å². The molecule has 0 aliphatic rings. The van der Waals surface area contributed by atoms with Crippen LogP contribution in [0.25, 0.3) is 21.8 Å². The number of pyridine rings is 2. The van der Waals surface area contributed by atoms with E-state index in [0.717, 1.165) is 48.5 Å². The second-order valence-corrected chi connectivity index (χ2v) is 6.84. The summed E-state index contributed by atoms with van der Waals surface area (Å²) in [5, 5.41) is 2.34. The lowest BCUT2D eigenvalue weighted by atomic mass is 10.2. The Morgan fingerprint density at radius 2 is 1.19 bits per heavy atom. The Hall–Kier alpha value is -2.82. The van der Waals surface area contributed by atoms with Crippen molar-refractivity contribution in [3.8, 4) is 0 Å². The number of hydrogen-bond acceptors (Lipinski definition) is 4. The average molecular weight is 356 g/mol. The Bertz CT molecular complexity index is 963. The Balaban J connectivity index is 1.55. The maximum atomic E-state index is 5.75. The molecule has 0 atom stereocenters. The van der Waals surface area contributed by atoms with Gasteiger partial charge in [0.2, 0.25) is 0 Å². The van der Waals surface area contributed by atoms with Crippen LogP contribution < -0.4 is 5.73 Å². The maximum absolute atomic E-state index is 5.75. The quantitative estimate of drug-likeness (QED) is 0.541. The van der Waals surface area contributed by atoms with Crippen LogP contribution in [-0.4, -0.2) is 28.0 Å². The topological polar surface area (TPSA) is 55.0 Å². The summed E-state index contributed by atoms with van der Waals surface area (Å²) in [5.74, 6) is 0. The first-order valence-corrected chi connectivity index (χ1v) is 9.43. The van der Waals surface area contributed by atoms with E-state index in [-0.39, 0.29) is 0 Å². The largest absolute Gasteiger partial charge is 0.330 e. The standard InChI is InChI=1S/C23H24N4/c24-14-5-15-27(16-20-12-10-18-6-1-3-8-22(18)25-20)17-21-13-11-19-7-2-4-9-23(19)26-21/h1-4,6-13H,5,14-17,24H2. The third kappa shape index (κ3) is 4.30. The van der Waals surface area contributed by atoms with E-state index in [9.17, 15) is 0 Å². The summed E-state index contributed by atoms with van der Waals surface area (Å²) in [6.45, 7) is 3.20. The molecule has 0 aliphatic heterocycles. The van der Waals surface area contributed by atoms with E-state index in [1.807, 2.05) is 24.3 Å². The fraction of sp³-hybridized carbons (Fsp3) is 0.217. The molecule has 4 heteroatoms. The lowest BCUT2D eigenvalue weighted by Crippen LogP contribution is -2.26. The van der Waals surface area contributed by atoms with Gasteiger partial charge in [-0.25, -0.2) is 0 Å². The number of nitrogens with two attached hydrogens (primary N) is 1. The summed E-state index contributed by atoms with van der Waals surface area (Å²) in [7, 11) is 0. The van der Waals surface area contributed by atoms with Crippen molar-refractivity contribution in [3.63, 3.8) is 0 Å². The van der Waals surface area contributed by atoms with Crippen molar-refractivity contribution in [2.24, 2.45) is 5.73 Å². The van der Waals surface area contributed by atoms with E-state index in [4.69, 9.17) is 15.7 Å². The fourth-order valence-electron chi connectivity index (χ4n) is 3.38. The highest BCUT2D eigenvalue weighted by Gasteiger charge is 2.10. The molecule has 136 valence electrons. The zero-order chi connectivity index (χ0) is 18.5. The molecule has 2 aromatic carbocycles. The van der Waals surface area contributed by atoms with Crippen LogP contribution in [-0.2, 0) is 13.1 Å². The summed E-state index contributed by atoms with van der Waals surface area (Å²) < 4.78 is 0. The second kappa shape index (κ2) is 8.25. The molecule has 2 N–H and O–H groups in total. The first kappa shape index (κ1) is 17.6. The minimum Gasteiger partial charge on any atom is -0.330 e. The Morgan fingerprint density at radius 3 is 1.70 bits per heavy atom. The molecule has 4 aromatic rings. The minimum absolute atomic E-state index is 0.687. The molecule has 0 unspecified atom stereocenters. The predicted octanol–water partition coefficient (Wildman–Crippen LogP) is 4.13. The monoisotopic (exact) mass is 356 g/mol. The highest BCUT2D eigenvalue weighted by molar-refractivity contribution is 5.79. The van der Waals surface area contributed by atoms with Gasteiger partial charge in [0.15, 0.2) is 0 Å². The number of rotatable bonds is 7. The summed E-state index contributed by atoms with van der Waals surface area (Å²) in [5.41, 5.74) is 9.98. The molecule has 0 fully saturated rings. The second-order valence-electron chi connectivity index (χ2n) is 6.84. The maximum Gasteiger partial charge on any atom is 0.0705 e. The summed E-state index contributed by atoms with van der Waals surface area (Å²) in [4.78, 5) is 12.0. The Labute approximate surface area is 159 Å². The molecule has 0 radical (unpaired) electrons. The van der Waals surface area contributed by atoms with Gasteiger partial charge in [0.25, 0.3) is 0 Å². The smallest absolute Gasteiger partial charge is 0.0705 e. The van der Waals surface area contributed by atoms with Crippen molar-refractivity contribution in [2.45, 2.75) is 19.5 Å². The number of aromatic nitrogens is 2. The lowest BCUT2D eigenvalue weighted by molar-refractivity contribution is 0.249. The van der Waals surface area contributed by atoms with Crippen LogP contribution in [0.4, 0.5) is 0 Å². The molecule has 0 saturated heterocycles. The number of benzene rings is 2. The van der Waals surface area contributed by atoms with Crippen molar-refractivity contribution in [1.82, 2.24) is 14.9 Å². The van der Waals surface area contributed by atoms with E-state index in [1.165, 1.54) is 10.8 Å². The van der Waals surface area contributed by atoms with E-state index < -0.39 is 0 Å². The summed E-state index contributed by atoms with van der Waals surface area (Å²) in [6, 6.07) is 25.0. The van der Waals surface area contributed by atoms with Crippen molar-refractivity contribution >= 4 is 21.8 Å². The van der Waals surface area contributed by atoms with Crippen LogP contribution in [0.5, 0.6) is 0 Å². The van der Waals surface area contributed by atoms with Gasteiger partial charge in [0.1, 0.15) is 0 Å². The number of nitrogens with zero attached hydrogens (tertiary/aromatic N) is 3. The third-order valence-corrected chi connectivity index (χ3v) is 4.76. The van der Waals surface area contributed by atoms with E-state index in [1.54, 1.807) is 0 Å². The van der Waals surface area contributed by atoms with Crippen LogP contribution in [0.15, 0.2) is 72.8 Å². The SMILES string of the molecule is NCCCN(Cc1ccc2ccccc2n1)Cc1ccc2ccccc2n1. The zero-order valence-corrected chi connectivity index (χ0v) is 15.4. The minimum atomic E-state index is 0.687. The average Bonchev–Trinajstić information content (AvgIpc) is 2.72. The predicted molar refractivity (Wildman–Crippen MR) is 111 cm³/mol. The Morgan fingerprint density at radius 1 is 0.667 bits per heavy atom. The first-order valence-electron chi connectivity index (χ1n) is 9.43. The van der Waals surface area contributed by atoms with Gasteiger partial charge in [0.05, 0.1) is 22.4 Å². The van der Waals surface area contributed by atoms with Crippen molar-refractivity contribution in [3.05, 3.63) is 84.2 Å². The molecule has 0 saturated carbocycles. The lowest BCUT2D eigenvalue weighted by Gasteiger charge is -2.21. The highest BCUT2D eigenvalue weighted by atomic mass is 15.1. The molecule has 4 nitrogen and oxygen atoms in total. The normalized spacial score (nSPS) is 11.5. The molecule has 2 heterocycles. The van der Waals surface area contributed by atoms with Gasteiger partial charge in [-0.3, -0.25) is 14.9 Å². The molecule has 0 bridgehead atoms. The molecule has 0 spiro atoms. The van der Waals surface area contributed by atoms with Gasteiger partial charge in [-0.1, -0.05) is 48.5 Å². The molecular weight excluding hydrogens is 332 g/mol.